The maximum atomic E-state index is 13.2. The van der Waals surface area contributed by atoms with Crippen LogP contribution in [-0.2, 0) is 9.53 Å². The Balaban J connectivity index is 2.32. The molecular weight excluding hydrogens is 312 g/mol. The van der Waals surface area contributed by atoms with E-state index in [9.17, 15) is 9.59 Å². The molecule has 0 aliphatic heterocycles. The second kappa shape index (κ2) is 9.16. The van der Waals surface area contributed by atoms with E-state index < -0.39 is 11.9 Å². The average Bonchev–Trinajstić information content (AvgIpc) is 2.60. The number of hydrogen-bond acceptors (Lipinski definition) is 3. The van der Waals surface area contributed by atoms with Crippen LogP contribution in [0.5, 0.6) is 0 Å². The molecule has 0 saturated carbocycles. The highest BCUT2D eigenvalue weighted by Crippen LogP contribution is 2.26. The van der Waals surface area contributed by atoms with Crippen LogP contribution >= 0.6 is 0 Å². The molecule has 0 amide bonds. The smallest absolute Gasteiger partial charge is 0.321 e. The number of unbranched alkanes of at least 4 members (excludes halogenated alkanes) is 2. The van der Waals surface area contributed by atoms with E-state index >= 15 is 0 Å². The van der Waals surface area contributed by atoms with E-state index in [2.05, 4.69) is 6.92 Å². The lowest BCUT2D eigenvalue weighted by Crippen LogP contribution is -2.26. The Bertz CT molecular complexity index is 699. The molecular formula is C22H26O3. The molecule has 0 spiro atoms. The fourth-order valence-corrected chi connectivity index (χ4v) is 3.00. The van der Waals surface area contributed by atoms with Gasteiger partial charge in [-0.2, -0.15) is 0 Å². The predicted octanol–water partition coefficient (Wildman–Crippen LogP) is 5.00. The molecule has 0 aromatic heterocycles. The highest BCUT2D eigenvalue weighted by atomic mass is 16.5. The van der Waals surface area contributed by atoms with Crippen LogP contribution in [-0.4, -0.2) is 18.4 Å². The number of aryl methyl sites for hydroxylation is 2. The van der Waals surface area contributed by atoms with Gasteiger partial charge < -0.3 is 4.74 Å². The monoisotopic (exact) mass is 338 g/mol. The van der Waals surface area contributed by atoms with Crippen molar-refractivity contribution < 1.29 is 14.3 Å². The molecule has 0 aliphatic rings. The number of benzene rings is 2. The van der Waals surface area contributed by atoms with Crippen molar-refractivity contribution in [3.8, 4) is 0 Å². The van der Waals surface area contributed by atoms with E-state index in [1.165, 1.54) is 0 Å². The average molecular weight is 338 g/mol. The van der Waals surface area contributed by atoms with Crippen molar-refractivity contribution in [1.82, 2.24) is 0 Å². The van der Waals surface area contributed by atoms with Crippen LogP contribution < -0.4 is 0 Å². The fraction of sp³-hybridized carbons (Fsp3) is 0.364. The maximum Gasteiger partial charge on any atom is 0.321 e. The summed E-state index contributed by atoms with van der Waals surface area (Å²) in [6.45, 7) is 6.25. The minimum Gasteiger partial charge on any atom is -0.465 e. The zero-order valence-electron chi connectivity index (χ0n) is 15.2. The van der Waals surface area contributed by atoms with Crippen molar-refractivity contribution in [2.45, 2.75) is 46.0 Å². The number of ketones is 1. The highest BCUT2D eigenvalue weighted by molar-refractivity contribution is 6.14. The summed E-state index contributed by atoms with van der Waals surface area (Å²) in [6, 6.07) is 14.9. The third-order valence-electron chi connectivity index (χ3n) is 4.35. The standard InChI is InChI=1S/C22H26O3/c1-4-5-9-15-25-22(24)20(18-13-7-6-8-14-18)21(23)19-16(2)11-10-12-17(19)3/h6-8,10-14,20H,4-5,9,15H2,1-3H3. The topological polar surface area (TPSA) is 43.4 Å². The van der Waals surface area contributed by atoms with Gasteiger partial charge in [0.25, 0.3) is 0 Å². The summed E-state index contributed by atoms with van der Waals surface area (Å²) in [4.78, 5) is 25.9. The van der Waals surface area contributed by atoms with Gasteiger partial charge in [0.15, 0.2) is 5.78 Å². The first-order chi connectivity index (χ1) is 12.1. The molecule has 3 heteroatoms. The summed E-state index contributed by atoms with van der Waals surface area (Å²) in [5.74, 6) is -1.57. The minimum absolute atomic E-state index is 0.192. The SMILES string of the molecule is CCCCCOC(=O)C(C(=O)c1c(C)cccc1C)c1ccccc1. The number of ether oxygens (including phenoxy) is 1. The Morgan fingerprint density at radius 2 is 1.56 bits per heavy atom. The van der Waals surface area contributed by atoms with Crippen LogP contribution in [0.3, 0.4) is 0 Å². The lowest BCUT2D eigenvalue weighted by Gasteiger charge is -2.18. The van der Waals surface area contributed by atoms with Crippen molar-refractivity contribution >= 4 is 11.8 Å². The third-order valence-corrected chi connectivity index (χ3v) is 4.35. The minimum atomic E-state index is -0.914. The Morgan fingerprint density at radius 3 is 2.16 bits per heavy atom. The number of carbonyl (C=O) groups excluding carboxylic acids is 2. The zero-order chi connectivity index (χ0) is 18.2. The van der Waals surface area contributed by atoms with Crippen LogP contribution in [0.1, 0.15) is 59.2 Å². The van der Waals surface area contributed by atoms with Gasteiger partial charge in [-0.3, -0.25) is 9.59 Å². The van der Waals surface area contributed by atoms with Gasteiger partial charge >= 0.3 is 5.97 Å². The zero-order valence-corrected chi connectivity index (χ0v) is 15.2. The van der Waals surface area contributed by atoms with E-state index in [-0.39, 0.29) is 5.78 Å². The van der Waals surface area contributed by atoms with Gasteiger partial charge in [0.1, 0.15) is 5.92 Å². The van der Waals surface area contributed by atoms with E-state index in [1.54, 1.807) is 0 Å². The van der Waals surface area contributed by atoms with E-state index in [0.29, 0.717) is 17.7 Å². The van der Waals surface area contributed by atoms with Gasteiger partial charge in [-0.25, -0.2) is 0 Å². The Kier molecular flexibility index (Phi) is 6.93. The van der Waals surface area contributed by atoms with Gasteiger partial charge in [0, 0.05) is 5.56 Å². The Morgan fingerprint density at radius 1 is 0.920 bits per heavy atom. The molecule has 1 unspecified atom stereocenters. The molecule has 0 aliphatic carbocycles. The van der Waals surface area contributed by atoms with E-state index in [4.69, 9.17) is 4.74 Å². The quantitative estimate of drug-likeness (QED) is 0.294. The number of esters is 1. The molecule has 0 fully saturated rings. The van der Waals surface area contributed by atoms with Gasteiger partial charge in [0.05, 0.1) is 6.61 Å². The molecule has 0 bridgehead atoms. The van der Waals surface area contributed by atoms with Crippen molar-refractivity contribution in [3.63, 3.8) is 0 Å². The normalized spacial score (nSPS) is 11.8. The summed E-state index contributed by atoms with van der Waals surface area (Å²) in [7, 11) is 0. The van der Waals surface area contributed by atoms with Crippen molar-refractivity contribution in [3.05, 3.63) is 70.8 Å². The third kappa shape index (κ3) is 4.79. The molecule has 2 rings (SSSR count). The van der Waals surface area contributed by atoms with Crippen LogP contribution in [0.2, 0.25) is 0 Å². The van der Waals surface area contributed by atoms with Gasteiger partial charge in [-0.05, 0) is 37.0 Å². The van der Waals surface area contributed by atoms with Gasteiger partial charge in [-0.1, -0.05) is 68.3 Å². The van der Waals surface area contributed by atoms with Crippen LogP contribution in [0, 0.1) is 13.8 Å². The second-order valence-corrected chi connectivity index (χ2v) is 6.35. The molecule has 0 heterocycles. The first-order valence-corrected chi connectivity index (χ1v) is 8.88. The van der Waals surface area contributed by atoms with Crippen molar-refractivity contribution in [2.24, 2.45) is 0 Å². The molecule has 132 valence electrons. The number of hydrogen-bond donors (Lipinski definition) is 0. The van der Waals surface area contributed by atoms with Crippen LogP contribution in [0.25, 0.3) is 0 Å². The molecule has 3 nitrogen and oxygen atoms in total. The second-order valence-electron chi connectivity index (χ2n) is 6.35. The first kappa shape index (κ1) is 18.9. The number of rotatable bonds is 8. The summed E-state index contributed by atoms with van der Waals surface area (Å²) < 4.78 is 5.42. The van der Waals surface area contributed by atoms with Gasteiger partial charge in [0.2, 0.25) is 0 Å². The predicted molar refractivity (Wildman–Crippen MR) is 99.9 cm³/mol. The number of carbonyl (C=O) groups is 2. The van der Waals surface area contributed by atoms with Crippen molar-refractivity contribution in [1.29, 1.82) is 0 Å². The fourth-order valence-electron chi connectivity index (χ4n) is 3.00. The summed E-state index contributed by atoms with van der Waals surface area (Å²) >= 11 is 0. The van der Waals surface area contributed by atoms with Crippen LogP contribution in [0.4, 0.5) is 0 Å². The molecule has 2 aromatic rings. The molecule has 0 radical (unpaired) electrons. The molecule has 1 atom stereocenters. The van der Waals surface area contributed by atoms with E-state index in [0.717, 1.165) is 30.4 Å². The van der Waals surface area contributed by atoms with Crippen LogP contribution in [0.15, 0.2) is 48.5 Å². The van der Waals surface area contributed by atoms with Gasteiger partial charge in [-0.15, -0.1) is 0 Å². The first-order valence-electron chi connectivity index (χ1n) is 8.88. The lowest BCUT2D eigenvalue weighted by atomic mass is 9.87. The molecule has 0 saturated heterocycles. The molecule has 0 N–H and O–H groups in total. The lowest BCUT2D eigenvalue weighted by molar-refractivity contribution is -0.144. The maximum absolute atomic E-state index is 13.2. The molecule has 25 heavy (non-hydrogen) atoms. The highest BCUT2D eigenvalue weighted by Gasteiger charge is 2.32. The Hall–Kier alpha value is -2.42. The summed E-state index contributed by atoms with van der Waals surface area (Å²) in [5.41, 5.74) is 3.05. The van der Waals surface area contributed by atoms with E-state index in [1.807, 2.05) is 62.4 Å². The Labute approximate surface area is 150 Å². The van der Waals surface area contributed by atoms with Crippen molar-refractivity contribution in [2.75, 3.05) is 6.61 Å². The largest absolute Gasteiger partial charge is 0.465 e. The summed E-state index contributed by atoms with van der Waals surface area (Å²) in [6.07, 6.45) is 2.89. The number of Topliss-reactive ketones (excluding diaryl/α,β-unsaturated/α-hetero) is 1. The summed E-state index contributed by atoms with van der Waals surface area (Å²) in [5, 5.41) is 0. The molecule has 2 aromatic carbocycles.